The van der Waals surface area contributed by atoms with Gasteiger partial charge in [0.25, 0.3) is 0 Å². The summed E-state index contributed by atoms with van der Waals surface area (Å²) in [6.45, 7) is 5.00. The molecule has 1 aliphatic carbocycles. The lowest BCUT2D eigenvalue weighted by molar-refractivity contribution is -0.131. The van der Waals surface area contributed by atoms with Gasteiger partial charge in [-0.05, 0) is 38.0 Å². The molecule has 0 bridgehead atoms. The van der Waals surface area contributed by atoms with Gasteiger partial charge in [-0.25, -0.2) is 4.79 Å². The summed E-state index contributed by atoms with van der Waals surface area (Å²) in [6, 6.07) is 7.25. The molecule has 23 heavy (non-hydrogen) atoms. The van der Waals surface area contributed by atoms with E-state index in [2.05, 4.69) is 0 Å². The molecule has 4 nitrogen and oxygen atoms in total. The number of aliphatic carboxylic acids is 1. The van der Waals surface area contributed by atoms with Gasteiger partial charge >= 0.3 is 5.97 Å². The third-order valence-corrected chi connectivity index (χ3v) is 4.14. The molecule has 0 atom stereocenters. The lowest BCUT2D eigenvalue weighted by Gasteiger charge is -2.19. The highest BCUT2D eigenvalue weighted by molar-refractivity contribution is 6.24. The minimum absolute atomic E-state index is 0.101. The number of benzene rings is 1. The second-order valence-electron chi connectivity index (χ2n) is 5.56. The molecule has 0 amide bonds. The van der Waals surface area contributed by atoms with Crippen molar-refractivity contribution >= 4 is 23.6 Å². The van der Waals surface area contributed by atoms with Gasteiger partial charge in [0.1, 0.15) is 0 Å². The van der Waals surface area contributed by atoms with Gasteiger partial charge in [-0.2, -0.15) is 0 Å². The van der Waals surface area contributed by atoms with Crippen molar-refractivity contribution in [2.24, 2.45) is 0 Å². The Hall–Kier alpha value is -2.75. The number of hydrogen-bond donors (Lipinski definition) is 1. The zero-order chi connectivity index (χ0) is 17.1. The number of carbonyl (C=O) groups excluding carboxylic acids is 2. The molecule has 0 spiro atoms. The first kappa shape index (κ1) is 16.6. The predicted octanol–water partition coefficient (Wildman–Crippen LogP) is 3.13. The first-order valence-corrected chi connectivity index (χ1v) is 7.28. The van der Waals surface area contributed by atoms with Gasteiger partial charge in [-0.15, -0.1) is 0 Å². The number of rotatable bonds is 4. The Balaban J connectivity index is 2.42. The number of allylic oxidation sites excluding steroid dienone is 4. The Morgan fingerprint density at radius 3 is 2.26 bits per heavy atom. The third kappa shape index (κ3) is 3.37. The molecular weight excluding hydrogens is 292 g/mol. The molecule has 0 aromatic heterocycles. The number of carboxylic acid groups (broad SMARTS) is 1. The van der Waals surface area contributed by atoms with E-state index in [1.54, 1.807) is 32.9 Å². The number of ketones is 2. The largest absolute Gasteiger partial charge is 0.478 e. The fraction of sp³-hybridized carbons (Fsp3) is 0.211. The Morgan fingerprint density at radius 2 is 1.61 bits per heavy atom. The summed E-state index contributed by atoms with van der Waals surface area (Å²) in [4.78, 5) is 35.4. The summed E-state index contributed by atoms with van der Waals surface area (Å²) in [5.41, 5.74) is 3.46. The van der Waals surface area contributed by atoms with E-state index in [1.807, 2.05) is 12.1 Å². The lowest BCUT2D eigenvalue weighted by atomic mass is 9.82. The summed E-state index contributed by atoms with van der Waals surface area (Å²) in [5, 5.41) is 8.77. The quantitative estimate of drug-likeness (QED) is 0.685. The van der Waals surface area contributed by atoms with Gasteiger partial charge < -0.3 is 5.11 Å². The topological polar surface area (TPSA) is 71.4 Å². The highest BCUT2D eigenvalue weighted by Gasteiger charge is 2.27. The molecule has 118 valence electrons. The van der Waals surface area contributed by atoms with E-state index in [9.17, 15) is 14.4 Å². The number of hydrogen-bond acceptors (Lipinski definition) is 3. The van der Waals surface area contributed by atoms with E-state index in [-0.39, 0.29) is 11.6 Å². The van der Waals surface area contributed by atoms with Crippen molar-refractivity contribution in [3.8, 4) is 0 Å². The molecule has 0 heterocycles. The molecule has 1 aliphatic rings. The maximum Gasteiger partial charge on any atom is 0.328 e. The zero-order valence-corrected chi connectivity index (χ0v) is 13.3. The number of Topliss-reactive ketones (excluding diaryl/α,β-unsaturated/α-hetero) is 2. The molecule has 1 N–H and O–H groups in total. The monoisotopic (exact) mass is 310 g/mol. The molecule has 0 saturated carbocycles. The number of carbonyl (C=O) groups is 3. The van der Waals surface area contributed by atoms with Crippen molar-refractivity contribution in [3.63, 3.8) is 0 Å². The van der Waals surface area contributed by atoms with Gasteiger partial charge in [0, 0.05) is 34.8 Å². The predicted molar refractivity (Wildman–Crippen MR) is 87.9 cm³/mol. The van der Waals surface area contributed by atoms with Crippen LogP contribution < -0.4 is 0 Å². The minimum Gasteiger partial charge on any atom is -0.478 e. The van der Waals surface area contributed by atoms with Crippen molar-refractivity contribution in [2.75, 3.05) is 0 Å². The Labute approximate surface area is 134 Å². The van der Waals surface area contributed by atoms with E-state index < -0.39 is 5.97 Å². The second kappa shape index (κ2) is 6.57. The molecule has 0 aliphatic heterocycles. The van der Waals surface area contributed by atoms with Crippen LogP contribution in [0.3, 0.4) is 0 Å². The number of carboxylic acids is 1. The fourth-order valence-corrected chi connectivity index (χ4v) is 2.58. The van der Waals surface area contributed by atoms with E-state index in [0.29, 0.717) is 28.7 Å². The molecule has 0 radical (unpaired) electrons. The van der Waals surface area contributed by atoms with Crippen LogP contribution in [-0.4, -0.2) is 22.6 Å². The highest BCUT2D eigenvalue weighted by Crippen LogP contribution is 2.27. The molecule has 0 fully saturated rings. The molecule has 1 aromatic rings. The average molecular weight is 310 g/mol. The van der Waals surface area contributed by atoms with Crippen LogP contribution in [0.4, 0.5) is 0 Å². The molecule has 1 aromatic carbocycles. The summed E-state index contributed by atoms with van der Waals surface area (Å²) in [5.74, 6) is -1.25. The van der Waals surface area contributed by atoms with Gasteiger partial charge in [0.05, 0.1) is 0 Å². The Kier molecular flexibility index (Phi) is 4.74. The maximum atomic E-state index is 12.5. The Bertz CT molecular complexity index is 791. The molecule has 0 unspecified atom stereocenters. The summed E-state index contributed by atoms with van der Waals surface area (Å²) in [6.07, 6.45) is 2.86. The normalized spacial score (nSPS) is 15.8. The van der Waals surface area contributed by atoms with Gasteiger partial charge in [-0.1, -0.05) is 24.3 Å². The highest BCUT2D eigenvalue weighted by atomic mass is 16.4. The molecule has 0 saturated heterocycles. The van der Waals surface area contributed by atoms with E-state index in [4.69, 9.17) is 5.11 Å². The van der Waals surface area contributed by atoms with Crippen LogP contribution in [-0.2, 0) is 20.8 Å². The van der Waals surface area contributed by atoms with Crippen molar-refractivity contribution < 1.29 is 19.5 Å². The summed E-state index contributed by atoms with van der Waals surface area (Å²) >= 11 is 0. The molecular formula is C19H18O4. The van der Waals surface area contributed by atoms with Crippen LogP contribution in [0.2, 0.25) is 0 Å². The average Bonchev–Trinajstić information content (AvgIpc) is 2.54. The third-order valence-electron chi connectivity index (χ3n) is 4.14. The van der Waals surface area contributed by atoms with Gasteiger partial charge in [-0.3, -0.25) is 9.59 Å². The second-order valence-corrected chi connectivity index (χ2v) is 5.56. The lowest BCUT2D eigenvalue weighted by Crippen LogP contribution is -2.22. The first-order chi connectivity index (χ1) is 10.8. The van der Waals surface area contributed by atoms with E-state index >= 15 is 0 Å². The Morgan fingerprint density at radius 1 is 1.00 bits per heavy atom. The molecule has 2 rings (SSSR count). The fourth-order valence-electron chi connectivity index (χ4n) is 2.58. The summed E-state index contributed by atoms with van der Waals surface area (Å²) < 4.78 is 0. The summed E-state index contributed by atoms with van der Waals surface area (Å²) in [7, 11) is 0. The van der Waals surface area contributed by atoms with Crippen LogP contribution in [0.5, 0.6) is 0 Å². The van der Waals surface area contributed by atoms with Crippen molar-refractivity contribution in [2.45, 2.75) is 27.2 Å². The van der Waals surface area contributed by atoms with E-state index in [0.717, 1.165) is 17.2 Å². The van der Waals surface area contributed by atoms with Crippen LogP contribution in [0, 0.1) is 0 Å². The molecule has 4 heteroatoms. The van der Waals surface area contributed by atoms with Gasteiger partial charge in [0.2, 0.25) is 0 Å². The van der Waals surface area contributed by atoms with Crippen LogP contribution >= 0.6 is 0 Å². The van der Waals surface area contributed by atoms with Crippen LogP contribution in [0.1, 0.15) is 31.9 Å². The van der Waals surface area contributed by atoms with Crippen molar-refractivity contribution in [1.82, 2.24) is 0 Å². The SMILES string of the molecule is CC1=C(C)C(=O)C(Cc2ccccc2C=CC(=O)O)=C(C)C1=O. The van der Waals surface area contributed by atoms with Crippen molar-refractivity contribution in [3.05, 3.63) is 63.8 Å². The van der Waals surface area contributed by atoms with Gasteiger partial charge in [0.15, 0.2) is 11.6 Å². The first-order valence-electron chi connectivity index (χ1n) is 7.28. The smallest absolute Gasteiger partial charge is 0.328 e. The van der Waals surface area contributed by atoms with Crippen LogP contribution in [0.25, 0.3) is 6.08 Å². The van der Waals surface area contributed by atoms with E-state index in [1.165, 1.54) is 6.08 Å². The van der Waals surface area contributed by atoms with Crippen molar-refractivity contribution in [1.29, 1.82) is 0 Å². The standard InChI is InChI=1S/C19H18O4/c1-11-12(2)19(23)16(13(3)18(11)22)10-15-7-5-4-6-14(15)8-9-17(20)21/h4-9H,10H2,1-3H3,(H,20,21). The zero-order valence-electron chi connectivity index (χ0n) is 13.3. The minimum atomic E-state index is -1.03. The van der Waals surface area contributed by atoms with Crippen LogP contribution in [0.15, 0.2) is 52.6 Å². The maximum absolute atomic E-state index is 12.5.